The van der Waals surface area contributed by atoms with Crippen LogP contribution in [0.25, 0.3) is 0 Å². The smallest absolute Gasteiger partial charge is 0.134 e. The molecule has 1 aliphatic heterocycles. The first kappa shape index (κ1) is 21.2. The lowest BCUT2D eigenvalue weighted by atomic mass is 9.90. The maximum absolute atomic E-state index is 10.4. The number of aromatic hydroxyl groups is 2. The number of hydrogen-bond acceptors (Lipinski definition) is 9. The largest absolute Gasteiger partial charge is 0.507 e. The van der Waals surface area contributed by atoms with Crippen molar-refractivity contribution >= 4 is 0 Å². The van der Waals surface area contributed by atoms with Crippen molar-refractivity contribution in [3.05, 3.63) is 42.0 Å². The average Bonchev–Trinajstić information content (AvgIpc) is 2.69. The van der Waals surface area contributed by atoms with Crippen molar-refractivity contribution in [2.24, 2.45) is 0 Å². The Labute approximate surface area is 167 Å². The van der Waals surface area contributed by atoms with E-state index in [1.54, 1.807) is 24.3 Å². The lowest BCUT2D eigenvalue weighted by Gasteiger charge is -2.40. The summed E-state index contributed by atoms with van der Waals surface area (Å²) in [5.74, 6) is 0.333. The van der Waals surface area contributed by atoms with Crippen LogP contribution in [0.5, 0.6) is 28.7 Å². The van der Waals surface area contributed by atoms with Crippen LogP contribution in [0.3, 0.4) is 0 Å². The van der Waals surface area contributed by atoms with Gasteiger partial charge in [0.05, 0.1) is 18.8 Å². The van der Waals surface area contributed by atoms with E-state index in [0.29, 0.717) is 18.1 Å². The fourth-order valence-corrected chi connectivity index (χ4v) is 3.20. The predicted octanol–water partition coefficient (Wildman–Crippen LogP) is 0.804. The van der Waals surface area contributed by atoms with Crippen LogP contribution in [-0.4, -0.2) is 68.3 Å². The van der Waals surface area contributed by atoms with Gasteiger partial charge in [0.2, 0.25) is 0 Å². The van der Waals surface area contributed by atoms with Gasteiger partial charge in [0, 0.05) is 12.1 Å². The summed E-state index contributed by atoms with van der Waals surface area (Å²) < 4.78 is 16.3. The van der Waals surface area contributed by atoms with Gasteiger partial charge >= 0.3 is 0 Å². The Hall–Kier alpha value is -2.56. The zero-order chi connectivity index (χ0) is 21.1. The van der Waals surface area contributed by atoms with Crippen molar-refractivity contribution in [2.45, 2.75) is 37.4 Å². The zero-order valence-corrected chi connectivity index (χ0v) is 15.7. The molecule has 1 saturated heterocycles. The summed E-state index contributed by atoms with van der Waals surface area (Å²) in [6.45, 7) is 1.77. The molecule has 1 heterocycles. The summed E-state index contributed by atoms with van der Waals surface area (Å²) in [5, 5.41) is 60.1. The van der Waals surface area contributed by atoms with E-state index < -0.39 is 48.6 Å². The molecule has 29 heavy (non-hydrogen) atoms. The Morgan fingerprint density at radius 1 is 0.862 bits per heavy atom. The summed E-state index contributed by atoms with van der Waals surface area (Å²) in [6, 6.07) is 9.16. The fraction of sp³-hybridized carbons (Fsp3) is 0.400. The highest BCUT2D eigenvalue weighted by molar-refractivity contribution is 5.52. The normalized spacial score (nSPS) is 26.9. The summed E-state index contributed by atoms with van der Waals surface area (Å²) in [7, 11) is 0. The maximum Gasteiger partial charge on any atom is 0.134 e. The minimum Gasteiger partial charge on any atom is -0.507 e. The van der Waals surface area contributed by atoms with Crippen molar-refractivity contribution in [3.8, 4) is 28.7 Å². The van der Waals surface area contributed by atoms with Crippen molar-refractivity contribution in [1.29, 1.82) is 0 Å². The molecule has 9 nitrogen and oxygen atoms in total. The fourth-order valence-electron chi connectivity index (χ4n) is 3.20. The van der Waals surface area contributed by atoms with Crippen molar-refractivity contribution in [2.75, 3.05) is 13.2 Å². The molecule has 5 atom stereocenters. The number of phenolic OH excluding ortho intramolecular Hbond substituents is 2. The first-order valence-corrected chi connectivity index (χ1v) is 9.12. The standard InChI is InChI=1S/C20H24O9/c1-2-27-10-3-5-11(6-4-10)28-12-7-13(22)16(14(23)8-12)20-19(26)18(25)17(24)15(9-21)29-20/h3-8,15,17-26H,2,9H2,1H3/t15-,17-,18+,19-,20+/m1/s1. The molecule has 158 valence electrons. The molecule has 0 aliphatic carbocycles. The lowest BCUT2D eigenvalue weighted by Crippen LogP contribution is -2.55. The molecule has 1 fully saturated rings. The van der Waals surface area contributed by atoms with Crippen LogP contribution in [-0.2, 0) is 4.74 Å². The molecule has 3 rings (SSSR count). The highest BCUT2D eigenvalue weighted by Crippen LogP contribution is 2.44. The third-order valence-corrected chi connectivity index (χ3v) is 4.66. The van der Waals surface area contributed by atoms with Crippen molar-refractivity contribution < 1.29 is 44.8 Å². The first-order valence-electron chi connectivity index (χ1n) is 9.12. The molecule has 0 amide bonds. The average molecular weight is 408 g/mol. The molecule has 2 aromatic carbocycles. The summed E-state index contributed by atoms with van der Waals surface area (Å²) in [4.78, 5) is 0. The van der Waals surface area contributed by atoms with E-state index in [1.165, 1.54) is 12.1 Å². The van der Waals surface area contributed by atoms with E-state index >= 15 is 0 Å². The highest BCUT2D eigenvalue weighted by atomic mass is 16.5. The Morgan fingerprint density at radius 3 is 2.00 bits per heavy atom. The Morgan fingerprint density at radius 2 is 1.45 bits per heavy atom. The number of benzene rings is 2. The molecule has 0 aromatic heterocycles. The van der Waals surface area contributed by atoms with Crippen LogP contribution >= 0.6 is 0 Å². The van der Waals surface area contributed by atoms with E-state index in [2.05, 4.69) is 0 Å². The molecule has 6 N–H and O–H groups in total. The van der Waals surface area contributed by atoms with Gasteiger partial charge in [-0.25, -0.2) is 0 Å². The van der Waals surface area contributed by atoms with Crippen LogP contribution in [0.1, 0.15) is 18.6 Å². The zero-order valence-electron chi connectivity index (χ0n) is 15.7. The number of hydrogen-bond donors (Lipinski definition) is 6. The van der Waals surface area contributed by atoms with Crippen LogP contribution in [0.2, 0.25) is 0 Å². The van der Waals surface area contributed by atoms with E-state index in [4.69, 9.17) is 14.2 Å². The monoisotopic (exact) mass is 408 g/mol. The van der Waals surface area contributed by atoms with Gasteiger partial charge in [0.25, 0.3) is 0 Å². The number of ether oxygens (including phenoxy) is 3. The molecule has 0 radical (unpaired) electrons. The Bertz CT molecular complexity index is 798. The minimum atomic E-state index is -1.64. The topological polar surface area (TPSA) is 149 Å². The highest BCUT2D eigenvalue weighted by Gasteiger charge is 2.45. The molecule has 0 saturated carbocycles. The molecule has 1 aliphatic rings. The van der Waals surface area contributed by atoms with Crippen LogP contribution < -0.4 is 9.47 Å². The van der Waals surface area contributed by atoms with Gasteiger partial charge in [0.1, 0.15) is 59.3 Å². The van der Waals surface area contributed by atoms with Crippen LogP contribution in [0.4, 0.5) is 0 Å². The van der Waals surface area contributed by atoms with Crippen molar-refractivity contribution in [3.63, 3.8) is 0 Å². The van der Waals surface area contributed by atoms with Gasteiger partial charge in [0.15, 0.2) is 0 Å². The summed E-state index contributed by atoms with van der Waals surface area (Å²) in [5.41, 5.74) is -0.194. The van der Waals surface area contributed by atoms with Crippen LogP contribution in [0, 0.1) is 0 Å². The van der Waals surface area contributed by atoms with Gasteiger partial charge in [-0.15, -0.1) is 0 Å². The number of aliphatic hydroxyl groups excluding tert-OH is 4. The second-order valence-electron chi connectivity index (χ2n) is 6.63. The number of aliphatic hydroxyl groups is 4. The molecule has 2 aromatic rings. The van der Waals surface area contributed by atoms with Gasteiger partial charge in [-0.1, -0.05) is 0 Å². The molecule has 0 bridgehead atoms. The predicted molar refractivity (Wildman–Crippen MR) is 100 cm³/mol. The van der Waals surface area contributed by atoms with Crippen molar-refractivity contribution in [1.82, 2.24) is 0 Å². The molecule has 0 unspecified atom stereocenters. The second kappa shape index (κ2) is 8.85. The van der Waals surface area contributed by atoms with Gasteiger partial charge < -0.3 is 44.8 Å². The van der Waals surface area contributed by atoms with E-state index in [9.17, 15) is 30.6 Å². The summed E-state index contributed by atoms with van der Waals surface area (Å²) >= 11 is 0. The molecule has 0 spiro atoms. The second-order valence-corrected chi connectivity index (χ2v) is 6.63. The number of phenols is 2. The molecule has 9 heteroatoms. The third-order valence-electron chi connectivity index (χ3n) is 4.66. The molecular formula is C20H24O9. The third kappa shape index (κ3) is 4.39. The van der Waals surface area contributed by atoms with Crippen LogP contribution in [0.15, 0.2) is 36.4 Å². The minimum absolute atomic E-state index is 0.123. The maximum atomic E-state index is 10.4. The van der Waals surface area contributed by atoms with Gasteiger partial charge in [-0.2, -0.15) is 0 Å². The SMILES string of the molecule is CCOc1ccc(Oc2cc(O)c([C@@H]3O[C@H](CO)[C@@H](O)[C@H](O)[C@H]3O)c(O)c2)cc1. The van der Waals surface area contributed by atoms with Gasteiger partial charge in [-0.3, -0.25) is 0 Å². The Kier molecular flexibility index (Phi) is 6.46. The quantitative estimate of drug-likeness (QED) is 0.408. The molecular weight excluding hydrogens is 384 g/mol. The lowest BCUT2D eigenvalue weighted by molar-refractivity contribution is -0.232. The van der Waals surface area contributed by atoms with E-state index in [0.717, 1.165) is 0 Å². The Balaban J connectivity index is 1.83. The summed E-state index contributed by atoms with van der Waals surface area (Å²) in [6.07, 6.45) is -7.35. The first-order chi connectivity index (χ1) is 13.8. The van der Waals surface area contributed by atoms with E-state index in [1.807, 2.05) is 6.92 Å². The van der Waals surface area contributed by atoms with E-state index in [-0.39, 0.29) is 11.3 Å². The number of rotatable bonds is 6. The van der Waals surface area contributed by atoms with Gasteiger partial charge in [-0.05, 0) is 31.2 Å².